The number of hydrogen-bond acceptors (Lipinski definition) is 4. The number of aryl methyl sites for hydroxylation is 3. The van der Waals surface area contributed by atoms with Gasteiger partial charge in [0.2, 0.25) is 0 Å². The first-order chi connectivity index (χ1) is 15.5. The van der Waals surface area contributed by atoms with Gasteiger partial charge in [0.05, 0.1) is 15.7 Å². The minimum Gasteiger partial charge on any atom is -0.368 e. The zero-order chi connectivity index (χ0) is 22.2. The molecule has 0 aliphatic heterocycles. The lowest BCUT2D eigenvalue weighted by Crippen LogP contribution is -2.07. The Kier molecular flexibility index (Phi) is 5.39. The second-order valence-electron chi connectivity index (χ2n) is 8.12. The molecule has 3 heterocycles. The van der Waals surface area contributed by atoms with Crippen LogP contribution in [0.3, 0.4) is 0 Å². The van der Waals surface area contributed by atoms with Gasteiger partial charge in [0.1, 0.15) is 18.0 Å². The third kappa shape index (κ3) is 3.65. The molecule has 32 heavy (non-hydrogen) atoms. The maximum absolute atomic E-state index is 14.2. The lowest BCUT2D eigenvalue weighted by Gasteiger charge is -2.08. The predicted octanol–water partition coefficient (Wildman–Crippen LogP) is 6.81. The Morgan fingerprint density at radius 2 is 1.97 bits per heavy atom. The summed E-state index contributed by atoms with van der Waals surface area (Å²) in [4.78, 5) is 13.4. The molecule has 0 aliphatic carbocycles. The molecule has 5 aromatic rings. The Hall–Kier alpha value is -3.25. The first-order valence-electron chi connectivity index (χ1n) is 10.9. The molecule has 0 saturated carbocycles. The summed E-state index contributed by atoms with van der Waals surface area (Å²) in [5, 5.41) is 4.48. The molecular weight excluding hydrogens is 419 g/mol. The molecule has 0 amide bonds. The molecule has 0 bridgehead atoms. The molecule has 0 aliphatic rings. The van der Waals surface area contributed by atoms with Crippen LogP contribution in [-0.4, -0.2) is 21.5 Å². The van der Waals surface area contributed by atoms with E-state index in [1.165, 1.54) is 22.1 Å². The van der Waals surface area contributed by atoms with Gasteiger partial charge in [-0.15, -0.1) is 11.3 Å². The van der Waals surface area contributed by atoms with E-state index in [0.717, 1.165) is 51.1 Å². The van der Waals surface area contributed by atoms with Gasteiger partial charge in [-0.25, -0.2) is 14.4 Å². The number of nitrogens with one attached hydrogen (secondary N) is 2. The third-order valence-electron chi connectivity index (χ3n) is 6.03. The van der Waals surface area contributed by atoms with Crippen molar-refractivity contribution in [3.63, 3.8) is 0 Å². The second kappa shape index (κ2) is 8.36. The second-order valence-corrected chi connectivity index (χ2v) is 9.17. The lowest BCUT2D eigenvalue weighted by atomic mass is 10.0. The molecule has 0 radical (unpaired) electrons. The van der Waals surface area contributed by atoms with Crippen molar-refractivity contribution in [3.8, 4) is 10.4 Å². The normalized spacial score (nSPS) is 11.5. The van der Waals surface area contributed by atoms with E-state index in [0.29, 0.717) is 12.1 Å². The van der Waals surface area contributed by atoms with Crippen molar-refractivity contribution in [2.24, 2.45) is 0 Å². The molecule has 0 saturated heterocycles. The van der Waals surface area contributed by atoms with Crippen molar-refractivity contribution in [1.82, 2.24) is 15.0 Å². The van der Waals surface area contributed by atoms with E-state index < -0.39 is 0 Å². The zero-order valence-corrected chi connectivity index (χ0v) is 19.2. The van der Waals surface area contributed by atoms with Crippen LogP contribution in [0.15, 0.2) is 48.8 Å². The summed E-state index contributed by atoms with van der Waals surface area (Å²) in [5.41, 5.74) is 7.33. The van der Waals surface area contributed by atoms with Crippen LogP contribution in [0.4, 0.5) is 10.2 Å². The van der Waals surface area contributed by atoms with Gasteiger partial charge in [-0.05, 0) is 61.1 Å². The first-order valence-corrected chi connectivity index (χ1v) is 11.7. The molecule has 162 valence electrons. The van der Waals surface area contributed by atoms with Crippen LogP contribution in [-0.2, 0) is 12.8 Å². The monoisotopic (exact) mass is 444 g/mol. The van der Waals surface area contributed by atoms with E-state index in [2.05, 4.69) is 57.5 Å². The predicted molar refractivity (Wildman–Crippen MR) is 132 cm³/mol. The smallest absolute Gasteiger partial charge is 0.147 e. The Bertz CT molecular complexity index is 1430. The molecule has 3 aromatic heterocycles. The summed E-state index contributed by atoms with van der Waals surface area (Å²) >= 11 is 1.71. The number of H-pyrrole nitrogens is 1. The van der Waals surface area contributed by atoms with E-state index in [4.69, 9.17) is 0 Å². The summed E-state index contributed by atoms with van der Waals surface area (Å²) in [6, 6.07) is 14.2. The fraction of sp³-hybridized carbons (Fsp3) is 0.231. The topological polar surface area (TPSA) is 53.6 Å². The van der Waals surface area contributed by atoms with Crippen LogP contribution < -0.4 is 5.32 Å². The minimum absolute atomic E-state index is 0.205. The molecule has 0 unspecified atom stereocenters. The Labute approximate surface area is 190 Å². The van der Waals surface area contributed by atoms with Crippen LogP contribution in [0.2, 0.25) is 0 Å². The minimum atomic E-state index is -0.205. The van der Waals surface area contributed by atoms with Crippen LogP contribution in [0.1, 0.15) is 29.3 Å². The summed E-state index contributed by atoms with van der Waals surface area (Å²) in [7, 11) is 0. The van der Waals surface area contributed by atoms with Crippen molar-refractivity contribution in [3.05, 3.63) is 77.0 Å². The highest BCUT2D eigenvalue weighted by Crippen LogP contribution is 2.36. The van der Waals surface area contributed by atoms with Crippen LogP contribution in [0.25, 0.3) is 31.6 Å². The van der Waals surface area contributed by atoms with E-state index >= 15 is 0 Å². The largest absolute Gasteiger partial charge is 0.368 e. The quantitative estimate of drug-likeness (QED) is 0.302. The van der Waals surface area contributed by atoms with Crippen molar-refractivity contribution in [2.45, 2.75) is 33.6 Å². The SMILES string of the molecule is CCc1cccc(-c2cc3ncnc(NCCc4c(C)[nH]c5c(F)ccc(C)c45)c3s2)c1. The van der Waals surface area contributed by atoms with Crippen molar-refractivity contribution in [1.29, 1.82) is 0 Å². The highest BCUT2D eigenvalue weighted by atomic mass is 32.1. The molecular formula is C26H25FN4S. The number of nitrogens with zero attached hydrogens (tertiary/aromatic N) is 2. The van der Waals surface area contributed by atoms with Gasteiger partial charge in [-0.3, -0.25) is 0 Å². The maximum Gasteiger partial charge on any atom is 0.147 e. The molecule has 4 nitrogen and oxygen atoms in total. The van der Waals surface area contributed by atoms with E-state index in [1.807, 2.05) is 19.9 Å². The van der Waals surface area contributed by atoms with Gasteiger partial charge < -0.3 is 10.3 Å². The van der Waals surface area contributed by atoms with Crippen molar-refractivity contribution >= 4 is 38.3 Å². The van der Waals surface area contributed by atoms with Gasteiger partial charge in [0.15, 0.2) is 0 Å². The first kappa shape index (κ1) is 20.6. The van der Waals surface area contributed by atoms with Crippen molar-refractivity contribution < 1.29 is 4.39 Å². The van der Waals surface area contributed by atoms with Gasteiger partial charge in [0, 0.05) is 22.5 Å². The number of aromatic nitrogens is 3. The molecule has 0 fully saturated rings. The molecule has 0 spiro atoms. The van der Waals surface area contributed by atoms with Crippen LogP contribution >= 0.6 is 11.3 Å². The molecule has 6 heteroatoms. The highest BCUT2D eigenvalue weighted by Gasteiger charge is 2.15. The van der Waals surface area contributed by atoms with E-state index in [1.54, 1.807) is 17.7 Å². The number of anilines is 1. The Balaban J connectivity index is 1.41. The number of benzene rings is 2. The zero-order valence-electron chi connectivity index (χ0n) is 18.4. The fourth-order valence-corrected chi connectivity index (χ4v) is 5.40. The lowest BCUT2D eigenvalue weighted by molar-refractivity contribution is 0.637. The van der Waals surface area contributed by atoms with E-state index in [9.17, 15) is 4.39 Å². The number of aromatic amines is 1. The molecule has 2 N–H and O–H groups in total. The summed E-state index contributed by atoms with van der Waals surface area (Å²) in [6.07, 6.45) is 3.40. The molecule has 2 aromatic carbocycles. The Morgan fingerprint density at radius 3 is 2.81 bits per heavy atom. The molecule has 5 rings (SSSR count). The third-order valence-corrected chi connectivity index (χ3v) is 7.21. The summed E-state index contributed by atoms with van der Waals surface area (Å²) in [6.45, 7) is 6.91. The van der Waals surface area contributed by atoms with Gasteiger partial charge in [-0.1, -0.05) is 37.3 Å². The number of rotatable bonds is 6. The summed E-state index contributed by atoms with van der Waals surface area (Å²) < 4.78 is 15.3. The van der Waals surface area contributed by atoms with Crippen LogP contribution in [0, 0.1) is 19.7 Å². The average molecular weight is 445 g/mol. The number of fused-ring (bicyclic) bond motifs is 2. The van der Waals surface area contributed by atoms with Crippen LogP contribution in [0.5, 0.6) is 0 Å². The maximum atomic E-state index is 14.2. The standard InChI is InChI=1S/C26H25FN4S/c1-4-17-6-5-7-18(12-17)22-13-21-25(32-22)26(30-14-29-21)28-11-10-19-16(3)31-24-20(27)9-8-15(2)23(19)24/h5-9,12-14,31H,4,10-11H2,1-3H3,(H,28,29,30). The van der Waals surface area contributed by atoms with Crippen molar-refractivity contribution in [2.75, 3.05) is 11.9 Å². The number of halogens is 1. The highest BCUT2D eigenvalue weighted by molar-refractivity contribution is 7.22. The fourth-order valence-electron chi connectivity index (χ4n) is 4.33. The van der Waals surface area contributed by atoms with Gasteiger partial charge in [0.25, 0.3) is 0 Å². The van der Waals surface area contributed by atoms with Gasteiger partial charge >= 0.3 is 0 Å². The number of thiophene rings is 1. The number of hydrogen-bond donors (Lipinski definition) is 2. The van der Waals surface area contributed by atoms with Gasteiger partial charge in [-0.2, -0.15) is 0 Å². The average Bonchev–Trinajstić information content (AvgIpc) is 3.39. The molecule has 0 atom stereocenters. The summed E-state index contributed by atoms with van der Waals surface area (Å²) in [5.74, 6) is 0.641. The Morgan fingerprint density at radius 1 is 1.09 bits per heavy atom. The van der Waals surface area contributed by atoms with E-state index in [-0.39, 0.29) is 5.82 Å².